The van der Waals surface area contributed by atoms with Crippen LogP contribution in [0.15, 0.2) is 24.4 Å². The lowest BCUT2D eigenvalue weighted by atomic mass is 10.4. The summed E-state index contributed by atoms with van der Waals surface area (Å²) in [6.07, 6.45) is 10.0. The highest BCUT2D eigenvalue weighted by molar-refractivity contribution is 7.79. The second-order valence-corrected chi connectivity index (χ2v) is 4.51. The van der Waals surface area contributed by atoms with Gasteiger partial charge in [-0.2, -0.15) is 8.42 Å². The van der Waals surface area contributed by atoms with Gasteiger partial charge in [0.25, 0.3) is 0 Å². The molecule has 0 saturated carbocycles. The molecule has 1 fully saturated rings. The predicted molar refractivity (Wildman–Crippen MR) is 67.3 cm³/mol. The van der Waals surface area contributed by atoms with Gasteiger partial charge in [-0.1, -0.05) is 12.2 Å². The van der Waals surface area contributed by atoms with Crippen LogP contribution in [0.2, 0.25) is 0 Å². The fourth-order valence-corrected chi connectivity index (χ4v) is 1.13. The van der Waals surface area contributed by atoms with Gasteiger partial charge in [-0.05, 0) is 18.7 Å². The number of carbonyl (C=O) groups excluding carboxylic acids is 1. The quantitative estimate of drug-likeness (QED) is 0.548. The van der Waals surface area contributed by atoms with Crippen LogP contribution in [0.1, 0.15) is 12.8 Å². The molecule has 0 unspecified atom stereocenters. The van der Waals surface area contributed by atoms with Crippen molar-refractivity contribution in [1.29, 1.82) is 0 Å². The fraction of sp³-hybridized carbons (Fsp3) is 0.500. The molecule has 2 aliphatic rings. The Bertz CT molecular complexity index is 386. The predicted octanol–water partition coefficient (Wildman–Crippen LogP) is 0.245. The van der Waals surface area contributed by atoms with E-state index >= 15 is 0 Å². The molecule has 0 aliphatic carbocycles. The minimum atomic E-state index is -4.67. The molecule has 1 saturated heterocycles. The van der Waals surface area contributed by atoms with E-state index in [1.54, 1.807) is 0 Å². The van der Waals surface area contributed by atoms with Crippen LogP contribution >= 0.6 is 0 Å². The molecule has 0 aromatic rings. The van der Waals surface area contributed by atoms with Gasteiger partial charge in [0.2, 0.25) is 5.91 Å². The smallest absolute Gasteiger partial charge is 0.377 e. The van der Waals surface area contributed by atoms with Gasteiger partial charge in [0.05, 0.1) is 0 Å². The molecule has 7 nitrogen and oxygen atoms in total. The second kappa shape index (κ2) is 8.67. The van der Waals surface area contributed by atoms with Gasteiger partial charge in [0.1, 0.15) is 0 Å². The van der Waals surface area contributed by atoms with Crippen LogP contribution in [-0.4, -0.2) is 48.5 Å². The van der Waals surface area contributed by atoms with E-state index in [4.69, 9.17) is 17.5 Å². The molecule has 18 heavy (non-hydrogen) atoms. The number of nitrogens with zero attached hydrogens (tertiary/aromatic N) is 1. The Morgan fingerprint density at radius 2 is 1.94 bits per heavy atom. The summed E-state index contributed by atoms with van der Waals surface area (Å²) in [6.45, 7) is 1.94. The zero-order chi connectivity index (χ0) is 14.0. The highest BCUT2D eigenvalue weighted by atomic mass is 32.3. The number of hydrogen-bond donors (Lipinski definition) is 3. The number of carbonyl (C=O) groups is 1. The summed E-state index contributed by atoms with van der Waals surface area (Å²) < 4.78 is 31.6. The summed E-state index contributed by atoms with van der Waals surface area (Å²) in [7, 11) is -2.61. The van der Waals surface area contributed by atoms with E-state index in [0.717, 1.165) is 25.9 Å². The van der Waals surface area contributed by atoms with Gasteiger partial charge in [-0.3, -0.25) is 13.9 Å². The minimum Gasteiger partial charge on any atom is -0.377 e. The van der Waals surface area contributed by atoms with Crippen molar-refractivity contribution in [2.45, 2.75) is 12.8 Å². The average Bonchev–Trinajstić information content (AvgIpc) is 2.69. The van der Waals surface area contributed by atoms with Crippen LogP contribution in [0.3, 0.4) is 0 Å². The molecule has 2 heterocycles. The first-order valence-corrected chi connectivity index (χ1v) is 6.69. The summed E-state index contributed by atoms with van der Waals surface area (Å²) >= 11 is 0. The van der Waals surface area contributed by atoms with Crippen LogP contribution in [0, 0.1) is 0 Å². The van der Waals surface area contributed by atoms with Gasteiger partial charge < -0.3 is 10.2 Å². The van der Waals surface area contributed by atoms with Crippen molar-refractivity contribution in [3.63, 3.8) is 0 Å². The van der Waals surface area contributed by atoms with E-state index < -0.39 is 10.4 Å². The molecule has 2 aliphatic heterocycles. The molecule has 3 N–H and O–H groups in total. The third-order valence-electron chi connectivity index (χ3n) is 1.88. The highest BCUT2D eigenvalue weighted by Gasteiger charge is 2.05. The normalized spacial score (nSPS) is 17.3. The highest BCUT2D eigenvalue weighted by Crippen LogP contribution is 1.93. The maximum absolute atomic E-state index is 10.1. The number of amides is 1. The Hall–Kier alpha value is -1.38. The number of hydrogen-bond acceptors (Lipinski definition) is 4. The topological polar surface area (TPSA) is 107 Å². The third kappa shape index (κ3) is 14.6. The van der Waals surface area contributed by atoms with E-state index in [2.05, 4.69) is 35.6 Å². The lowest BCUT2D eigenvalue weighted by molar-refractivity contribution is -0.119. The summed E-state index contributed by atoms with van der Waals surface area (Å²) in [6, 6.07) is 0. The van der Waals surface area contributed by atoms with Crippen molar-refractivity contribution in [3.8, 4) is 0 Å². The van der Waals surface area contributed by atoms with Gasteiger partial charge in [-0.25, -0.2) is 0 Å². The molecule has 0 spiro atoms. The summed E-state index contributed by atoms with van der Waals surface area (Å²) in [5.74, 6) is 0.204. The lowest BCUT2D eigenvalue weighted by Crippen LogP contribution is -2.12. The molecule has 0 aromatic heterocycles. The molecule has 104 valence electrons. The molecular weight excluding hydrogens is 260 g/mol. The fourth-order valence-electron chi connectivity index (χ4n) is 1.13. The molecule has 0 atom stereocenters. The summed E-state index contributed by atoms with van der Waals surface area (Å²) in [5, 5.41) is 2.68. The number of likely N-dealkylation sites (N-methyl/N-ethyl adjacent to an activating group) is 1. The van der Waals surface area contributed by atoms with E-state index in [9.17, 15) is 4.79 Å². The average molecular weight is 278 g/mol. The van der Waals surface area contributed by atoms with Crippen molar-refractivity contribution in [3.05, 3.63) is 24.4 Å². The largest absolute Gasteiger partial charge is 0.394 e. The van der Waals surface area contributed by atoms with Crippen LogP contribution < -0.4 is 5.32 Å². The maximum atomic E-state index is 10.1. The van der Waals surface area contributed by atoms with Crippen molar-refractivity contribution < 1.29 is 22.3 Å². The SMILES string of the molecule is CN1C=CC=CC1.O=C1CCCN1.O=S(=O)(O)O. The Labute approximate surface area is 107 Å². The number of rotatable bonds is 0. The Kier molecular flexibility index (Phi) is 8.01. The molecule has 8 heteroatoms. The van der Waals surface area contributed by atoms with E-state index in [1.807, 2.05) is 6.08 Å². The Balaban J connectivity index is 0.000000245. The first kappa shape index (κ1) is 16.6. The van der Waals surface area contributed by atoms with E-state index in [0.29, 0.717) is 0 Å². The molecule has 0 radical (unpaired) electrons. The molecule has 0 aromatic carbocycles. The summed E-state index contributed by atoms with van der Waals surface area (Å²) in [4.78, 5) is 12.3. The van der Waals surface area contributed by atoms with Gasteiger partial charge in [0.15, 0.2) is 0 Å². The van der Waals surface area contributed by atoms with Crippen LogP contribution in [-0.2, 0) is 15.2 Å². The van der Waals surface area contributed by atoms with Crippen molar-refractivity contribution in [1.82, 2.24) is 10.2 Å². The zero-order valence-corrected chi connectivity index (χ0v) is 10.9. The zero-order valence-electron chi connectivity index (χ0n) is 10.1. The van der Waals surface area contributed by atoms with Crippen molar-refractivity contribution in [2.24, 2.45) is 0 Å². The molecule has 2 rings (SSSR count). The number of allylic oxidation sites excluding steroid dienone is 2. The standard InChI is InChI=1S/C6H9N.C4H7NO.H2O4S/c1-7-5-3-2-4-6-7;6-4-2-1-3-5-4;1-5(2,3)4/h2-5H,6H2,1H3;1-3H2,(H,5,6);(H2,1,2,3,4). The first-order chi connectivity index (χ1) is 8.29. The monoisotopic (exact) mass is 278 g/mol. The maximum Gasteiger partial charge on any atom is 0.394 e. The van der Waals surface area contributed by atoms with Gasteiger partial charge in [0, 0.05) is 26.6 Å². The van der Waals surface area contributed by atoms with Crippen molar-refractivity contribution in [2.75, 3.05) is 20.1 Å². The van der Waals surface area contributed by atoms with Crippen molar-refractivity contribution >= 4 is 16.3 Å². The number of nitrogens with one attached hydrogen (secondary N) is 1. The lowest BCUT2D eigenvalue weighted by Gasteiger charge is -2.11. The van der Waals surface area contributed by atoms with Gasteiger partial charge in [-0.15, -0.1) is 0 Å². The Morgan fingerprint density at radius 3 is 2.11 bits per heavy atom. The first-order valence-electron chi connectivity index (χ1n) is 5.29. The second-order valence-electron chi connectivity index (χ2n) is 3.61. The van der Waals surface area contributed by atoms with E-state index in [1.165, 1.54) is 0 Å². The van der Waals surface area contributed by atoms with E-state index in [-0.39, 0.29) is 5.91 Å². The third-order valence-corrected chi connectivity index (χ3v) is 1.88. The minimum absolute atomic E-state index is 0.204. The molecule has 0 bridgehead atoms. The molecule has 1 amide bonds. The molecular formula is C10H18N2O5S. The summed E-state index contributed by atoms with van der Waals surface area (Å²) in [5.41, 5.74) is 0. The van der Waals surface area contributed by atoms with Crippen LogP contribution in [0.25, 0.3) is 0 Å². The van der Waals surface area contributed by atoms with Gasteiger partial charge >= 0.3 is 10.4 Å². The Morgan fingerprint density at radius 1 is 1.33 bits per heavy atom. The van der Waals surface area contributed by atoms with Crippen LogP contribution in [0.4, 0.5) is 0 Å². The van der Waals surface area contributed by atoms with Crippen LogP contribution in [0.5, 0.6) is 0 Å².